The minimum Gasteiger partial charge on any atom is -0.302 e. The van der Waals surface area contributed by atoms with Gasteiger partial charge in [-0.15, -0.1) is 24.0 Å². The van der Waals surface area contributed by atoms with Gasteiger partial charge in [0.1, 0.15) is 0 Å². The Balaban J connectivity index is 0.00000128. The smallest absolute Gasteiger partial charge is 0.0726 e. The van der Waals surface area contributed by atoms with Gasteiger partial charge in [-0.3, -0.25) is 0 Å². The van der Waals surface area contributed by atoms with Crippen molar-refractivity contribution in [2.75, 3.05) is 19.6 Å². The summed E-state index contributed by atoms with van der Waals surface area (Å²) in [7, 11) is 0. The third-order valence-corrected chi connectivity index (χ3v) is 3.58. The monoisotopic (exact) mass is 279 g/mol. The molecule has 90 valence electrons. The summed E-state index contributed by atoms with van der Waals surface area (Å²) in [6.45, 7) is 3.26. The maximum absolute atomic E-state index is 6.37. The van der Waals surface area contributed by atoms with Gasteiger partial charge in [-0.1, -0.05) is 29.8 Å². The molecular weight excluding hydrogens is 264 g/mol. The van der Waals surface area contributed by atoms with Gasteiger partial charge in [-0.05, 0) is 37.6 Å². The molecule has 1 unspecified atom stereocenters. The molecule has 0 aliphatic carbocycles. The van der Waals surface area contributed by atoms with Crippen LogP contribution in [-0.4, -0.2) is 24.5 Å². The maximum atomic E-state index is 6.37. The molecule has 1 saturated heterocycles. The zero-order valence-corrected chi connectivity index (χ0v) is 11.4. The summed E-state index contributed by atoms with van der Waals surface area (Å²) in [6, 6.07) is 7.83. The summed E-state index contributed by atoms with van der Waals surface area (Å²) in [4.78, 5) is 2.40. The summed E-state index contributed by atoms with van der Waals surface area (Å²) in [5, 5.41) is 0.786. The van der Waals surface area contributed by atoms with Gasteiger partial charge < -0.3 is 4.90 Å². The summed E-state index contributed by atoms with van der Waals surface area (Å²) < 4.78 is 0. The number of halogens is 3. The van der Waals surface area contributed by atoms with Gasteiger partial charge in [0.15, 0.2) is 0 Å². The highest BCUT2D eigenvalue weighted by Crippen LogP contribution is 2.29. The summed E-state index contributed by atoms with van der Waals surface area (Å²) in [6.07, 6.45) is 2.60. The standard InChI is InChI=1S/C12H15Cl2N.ClH/c13-11-6-2-1-5-10(11)12(14)9-15-7-3-4-8-15;/h1-2,5-6,12H,3-4,7-9H2;1H. The second-order valence-corrected chi connectivity index (χ2v) is 4.93. The first-order valence-electron chi connectivity index (χ1n) is 5.38. The van der Waals surface area contributed by atoms with E-state index in [0.29, 0.717) is 0 Å². The van der Waals surface area contributed by atoms with E-state index in [-0.39, 0.29) is 17.8 Å². The average Bonchev–Trinajstić information content (AvgIpc) is 2.71. The molecule has 1 fully saturated rings. The van der Waals surface area contributed by atoms with Crippen LogP contribution in [0.25, 0.3) is 0 Å². The fourth-order valence-corrected chi connectivity index (χ4v) is 2.73. The molecule has 16 heavy (non-hydrogen) atoms. The summed E-state index contributed by atoms with van der Waals surface area (Å²) in [5.41, 5.74) is 1.05. The van der Waals surface area contributed by atoms with E-state index in [4.69, 9.17) is 23.2 Å². The third kappa shape index (κ3) is 3.53. The van der Waals surface area contributed by atoms with Crippen LogP contribution < -0.4 is 0 Å². The maximum Gasteiger partial charge on any atom is 0.0726 e. The number of alkyl halides is 1. The van der Waals surface area contributed by atoms with Crippen LogP contribution in [0.5, 0.6) is 0 Å². The fourth-order valence-electron chi connectivity index (χ4n) is 2.02. The third-order valence-electron chi connectivity index (χ3n) is 2.86. The van der Waals surface area contributed by atoms with Crippen molar-refractivity contribution in [1.29, 1.82) is 0 Å². The highest BCUT2D eigenvalue weighted by molar-refractivity contribution is 6.32. The van der Waals surface area contributed by atoms with Crippen molar-refractivity contribution in [3.63, 3.8) is 0 Å². The van der Waals surface area contributed by atoms with Crippen LogP contribution in [0.15, 0.2) is 24.3 Å². The number of nitrogens with zero attached hydrogens (tertiary/aromatic N) is 1. The van der Waals surface area contributed by atoms with Gasteiger partial charge in [0.05, 0.1) is 5.38 Å². The van der Waals surface area contributed by atoms with Crippen molar-refractivity contribution in [2.24, 2.45) is 0 Å². The lowest BCUT2D eigenvalue weighted by molar-refractivity contribution is 0.339. The normalized spacial score (nSPS) is 18.1. The van der Waals surface area contributed by atoms with E-state index in [1.807, 2.05) is 24.3 Å². The van der Waals surface area contributed by atoms with Crippen LogP contribution in [0.2, 0.25) is 5.02 Å². The molecule has 0 saturated carbocycles. The second-order valence-electron chi connectivity index (χ2n) is 4.00. The highest BCUT2D eigenvalue weighted by atomic mass is 35.5. The molecule has 1 heterocycles. The number of likely N-dealkylation sites (tertiary alicyclic amines) is 1. The van der Waals surface area contributed by atoms with Crippen LogP contribution >= 0.6 is 35.6 Å². The minimum atomic E-state index is 0. The van der Waals surface area contributed by atoms with Gasteiger partial charge in [0, 0.05) is 11.6 Å². The first-order chi connectivity index (χ1) is 7.27. The van der Waals surface area contributed by atoms with Crippen molar-refractivity contribution in [3.05, 3.63) is 34.9 Å². The SMILES string of the molecule is Cl.Clc1ccccc1C(Cl)CN1CCCC1. The van der Waals surface area contributed by atoms with Gasteiger partial charge in [-0.2, -0.15) is 0 Å². The summed E-state index contributed by atoms with van der Waals surface area (Å²) in [5.74, 6) is 0. The zero-order valence-electron chi connectivity index (χ0n) is 9.03. The Morgan fingerprint density at radius 2 is 1.81 bits per heavy atom. The molecule has 1 aliphatic heterocycles. The van der Waals surface area contributed by atoms with Crippen molar-refractivity contribution in [2.45, 2.75) is 18.2 Å². The van der Waals surface area contributed by atoms with E-state index in [2.05, 4.69) is 4.90 Å². The molecule has 1 aromatic rings. The van der Waals surface area contributed by atoms with Crippen LogP contribution in [0.3, 0.4) is 0 Å². The van der Waals surface area contributed by atoms with Crippen molar-refractivity contribution >= 4 is 35.6 Å². The molecule has 1 nitrogen and oxygen atoms in total. The lowest BCUT2D eigenvalue weighted by Crippen LogP contribution is -2.23. The van der Waals surface area contributed by atoms with Gasteiger partial charge >= 0.3 is 0 Å². The molecule has 0 spiro atoms. The van der Waals surface area contributed by atoms with Crippen molar-refractivity contribution in [1.82, 2.24) is 4.90 Å². The number of hydrogen-bond acceptors (Lipinski definition) is 1. The molecular formula is C12H16Cl3N. The topological polar surface area (TPSA) is 3.24 Å². The molecule has 0 bridgehead atoms. The lowest BCUT2D eigenvalue weighted by atomic mass is 10.1. The van der Waals surface area contributed by atoms with E-state index in [0.717, 1.165) is 17.1 Å². The first-order valence-corrected chi connectivity index (χ1v) is 6.19. The molecule has 1 atom stereocenters. The van der Waals surface area contributed by atoms with Gasteiger partial charge in [0.25, 0.3) is 0 Å². The Kier molecular flexibility index (Phi) is 5.91. The van der Waals surface area contributed by atoms with E-state index < -0.39 is 0 Å². The Morgan fingerprint density at radius 3 is 2.44 bits per heavy atom. The molecule has 1 aromatic carbocycles. The van der Waals surface area contributed by atoms with E-state index in [1.165, 1.54) is 25.9 Å². The van der Waals surface area contributed by atoms with Crippen molar-refractivity contribution in [3.8, 4) is 0 Å². The summed E-state index contributed by atoms with van der Waals surface area (Å²) >= 11 is 12.5. The minimum absolute atomic E-state index is 0. The van der Waals surface area contributed by atoms with Crippen LogP contribution in [0, 0.1) is 0 Å². The predicted molar refractivity (Wildman–Crippen MR) is 73.0 cm³/mol. The predicted octanol–water partition coefficient (Wildman–Crippen LogP) is 4.14. The van der Waals surface area contributed by atoms with E-state index in [1.54, 1.807) is 0 Å². The molecule has 0 radical (unpaired) electrons. The molecule has 2 rings (SSSR count). The Labute approximate surface area is 113 Å². The largest absolute Gasteiger partial charge is 0.302 e. The van der Waals surface area contributed by atoms with Crippen LogP contribution in [0.1, 0.15) is 23.8 Å². The highest BCUT2D eigenvalue weighted by Gasteiger charge is 2.18. The number of hydrogen-bond donors (Lipinski definition) is 0. The molecule has 1 aliphatic rings. The molecule has 0 amide bonds. The molecule has 0 aromatic heterocycles. The first kappa shape index (κ1) is 14.1. The van der Waals surface area contributed by atoms with Crippen molar-refractivity contribution < 1.29 is 0 Å². The fraction of sp³-hybridized carbons (Fsp3) is 0.500. The number of benzene rings is 1. The lowest BCUT2D eigenvalue weighted by Gasteiger charge is -2.19. The van der Waals surface area contributed by atoms with Crippen LogP contribution in [0.4, 0.5) is 0 Å². The zero-order chi connectivity index (χ0) is 10.7. The molecule has 4 heteroatoms. The van der Waals surface area contributed by atoms with E-state index >= 15 is 0 Å². The Hall–Kier alpha value is 0.0500. The quantitative estimate of drug-likeness (QED) is 0.752. The second kappa shape index (κ2) is 6.70. The van der Waals surface area contributed by atoms with Gasteiger partial charge in [0.2, 0.25) is 0 Å². The van der Waals surface area contributed by atoms with E-state index in [9.17, 15) is 0 Å². The number of rotatable bonds is 3. The Morgan fingerprint density at radius 1 is 1.19 bits per heavy atom. The Bertz CT molecular complexity index is 324. The van der Waals surface area contributed by atoms with Crippen LogP contribution in [-0.2, 0) is 0 Å². The average molecular weight is 281 g/mol. The van der Waals surface area contributed by atoms with Gasteiger partial charge in [-0.25, -0.2) is 0 Å². The molecule has 0 N–H and O–H groups in total.